The van der Waals surface area contributed by atoms with Crippen LogP contribution in [0.4, 0.5) is 0 Å². The van der Waals surface area contributed by atoms with Gasteiger partial charge in [-0.2, -0.15) is 0 Å². The highest BCUT2D eigenvalue weighted by Crippen LogP contribution is 2.61. The average molecular weight is 459 g/mol. The number of rotatable bonds is 1. The summed E-state index contributed by atoms with van der Waals surface area (Å²) in [7, 11) is 3.75. The summed E-state index contributed by atoms with van der Waals surface area (Å²) in [5.74, 6) is 0.707. The molecule has 4 nitrogen and oxygen atoms in total. The van der Waals surface area contributed by atoms with Crippen LogP contribution in [0, 0.1) is 17.3 Å². The Kier molecular flexibility index (Phi) is 6.26. The van der Waals surface area contributed by atoms with E-state index in [1.165, 1.54) is 27.5 Å². The first kappa shape index (κ1) is 23.5. The van der Waals surface area contributed by atoms with Gasteiger partial charge in [0.25, 0.3) is 0 Å². The van der Waals surface area contributed by atoms with Crippen LogP contribution in [0.1, 0.15) is 57.4 Å². The molecular weight excluding hydrogens is 420 g/mol. The second-order valence-electron chi connectivity index (χ2n) is 10.9. The first-order chi connectivity index (χ1) is 16.4. The Morgan fingerprint density at radius 3 is 2.74 bits per heavy atom. The second kappa shape index (κ2) is 9.07. The van der Waals surface area contributed by atoms with Crippen molar-refractivity contribution < 1.29 is 10.2 Å². The van der Waals surface area contributed by atoms with Gasteiger partial charge in [0.05, 0.1) is 11.7 Å². The van der Waals surface area contributed by atoms with Crippen molar-refractivity contribution >= 4 is 16.3 Å². The Hall–Kier alpha value is -2.27. The molecule has 0 saturated heterocycles. The fourth-order valence-electron chi connectivity index (χ4n) is 7.09. The molecule has 5 atom stereocenters. The summed E-state index contributed by atoms with van der Waals surface area (Å²) in [6.45, 7) is 2.36. The van der Waals surface area contributed by atoms with Crippen molar-refractivity contribution in [1.82, 2.24) is 10.3 Å². The Morgan fingerprint density at radius 1 is 1.09 bits per heavy atom. The van der Waals surface area contributed by atoms with Crippen molar-refractivity contribution in [1.29, 1.82) is 0 Å². The minimum absolute atomic E-state index is 0.0800. The summed E-state index contributed by atoms with van der Waals surface area (Å²) < 4.78 is 0. The molecule has 1 heterocycles. The average Bonchev–Trinajstić information content (AvgIpc) is 3.11. The van der Waals surface area contributed by atoms with E-state index < -0.39 is 5.60 Å². The molecule has 4 aliphatic carbocycles. The molecule has 0 radical (unpaired) electrons. The molecule has 4 heteroatoms. The number of nitrogens with one attached hydrogen (secondary N) is 1. The molecular formula is C30H38N2O2. The number of fused-ring (bicyclic) bond motifs is 5. The monoisotopic (exact) mass is 458 g/mol. The topological polar surface area (TPSA) is 65.4 Å². The predicted octanol–water partition coefficient (Wildman–Crippen LogP) is 5.42. The number of nitrogens with zero attached hydrogens (tertiary/aromatic N) is 1. The predicted molar refractivity (Wildman–Crippen MR) is 139 cm³/mol. The molecule has 0 bridgehead atoms. The van der Waals surface area contributed by atoms with Crippen LogP contribution in [0.25, 0.3) is 16.3 Å². The summed E-state index contributed by atoms with van der Waals surface area (Å²) in [6, 6.07) is 8.60. The zero-order valence-corrected chi connectivity index (χ0v) is 20.7. The van der Waals surface area contributed by atoms with Gasteiger partial charge < -0.3 is 15.5 Å². The van der Waals surface area contributed by atoms with E-state index in [4.69, 9.17) is 0 Å². The van der Waals surface area contributed by atoms with Gasteiger partial charge >= 0.3 is 0 Å². The fraction of sp³-hybridized carbons (Fsp3) is 0.500. The van der Waals surface area contributed by atoms with Crippen LogP contribution in [0.2, 0.25) is 0 Å². The van der Waals surface area contributed by atoms with Crippen LogP contribution in [-0.4, -0.2) is 41.0 Å². The van der Waals surface area contributed by atoms with Crippen molar-refractivity contribution in [3.05, 3.63) is 71.6 Å². The van der Waals surface area contributed by atoms with Crippen LogP contribution < -0.4 is 5.32 Å². The molecule has 1 saturated carbocycles. The molecule has 4 unspecified atom stereocenters. The summed E-state index contributed by atoms with van der Waals surface area (Å²) in [5.41, 5.74) is 4.27. The summed E-state index contributed by atoms with van der Waals surface area (Å²) >= 11 is 0. The number of aliphatic hydroxyl groups excluding tert-OH is 1. The normalized spacial score (nSPS) is 34.4. The van der Waals surface area contributed by atoms with Gasteiger partial charge in [-0.3, -0.25) is 4.98 Å². The Morgan fingerprint density at radius 2 is 1.91 bits per heavy atom. The number of aromatic nitrogens is 1. The van der Waals surface area contributed by atoms with E-state index in [0.29, 0.717) is 5.92 Å². The SMILES string of the molecule is CC12CC=C3C=C4CC(O)CCC4CC[C@]3(O)C1CC=C2c1cccc2cnccc12.CNC. The third kappa shape index (κ3) is 3.77. The second-order valence-corrected chi connectivity index (χ2v) is 10.9. The van der Waals surface area contributed by atoms with Crippen molar-refractivity contribution in [3.63, 3.8) is 0 Å². The number of aliphatic hydroxyl groups is 2. The van der Waals surface area contributed by atoms with E-state index in [1.54, 1.807) is 0 Å². The molecule has 0 spiro atoms. The lowest BCUT2D eigenvalue weighted by Crippen LogP contribution is -2.48. The Bertz CT molecular complexity index is 1160. The highest BCUT2D eigenvalue weighted by molar-refractivity contribution is 5.95. The van der Waals surface area contributed by atoms with Crippen LogP contribution in [0.5, 0.6) is 0 Å². The minimum atomic E-state index is -0.785. The largest absolute Gasteiger partial charge is 0.393 e. The van der Waals surface area contributed by atoms with Crippen molar-refractivity contribution in [3.8, 4) is 0 Å². The van der Waals surface area contributed by atoms with Gasteiger partial charge in [0, 0.05) is 29.1 Å². The zero-order valence-electron chi connectivity index (χ0n) is 20.7. The summed E-state index contributed by atoms with van der Waals surface area (Å²) in [4.78, 5) is 4.30. The standard InChI is InChI=1S/C28H31NO2.C2H7N/c1-27-12-10-21-15-20-16-22(30)6-5-18(20)9-13-28(21,31)26(27)8-7-25(27)24-4-2-3-19-17-29-14-11-23(19)24;1-3-2/h2-4,7,10-11,14-15,17-18,22,26,30-31H,5-6,8-9,12-13,16H2,1H3;3H,1-2H3/t18?,22?,26?,27?,28-;/m1./s1. The minimum Gasteiger partial charge on any atom is -0.393 e. The van der Waals surface area contributed by atoms with Crippen LogP contribution in [0.3, 0.4) is 0 Å². The fourth-order valence-corrected chi connectivity index (χ4v) is 7.09. The maximum absolute atomic E-state index is 12.2. The quantitative estimate of drug-likeness (QED) is 0.534. The molecule has 2 aromatic rings. The van der Waals surface area contributed by atoms with Gasteiger partial charge in [0.1, 0.15) is 0 Å². The zero-order chi connectivity index (χ0) is 23.9. The molecule has 0 aliphatic heterocycles. The number of hydrogen-bond acceptors (Lipinski definition) is 4. The van der Waals surface area contributed by atoms with E-state index in [2.05, 4.69) is 59.7 Å². The highest BCUT2D eigenvalue weighted by Gasteiger charge is 2.55. The van der Waals surface area contributed by atoms with Gasteiger partial charge in [0.15, 0.2) is 0 Å². The van der Waals surface area contributed by atoms with E-state index in [9.17, 15) is 10.2 Å². The first-order valence-corrected chi connectivity index (χ1v) is 12.8. The Balaban J connectivity index is 0.000000764. The van der Waals surface area contributed by atoms with E-state index in [0.717, 1.165) is 50.5 Å². The number of benzene rings is 1. The number of pyridine rings is 1. The molecule has 1 fully saturated rings. The molecule has 4 aliphatic rings. The molecule has 34 heavy (non-hydrogen) atoms. The van der Waals surface area contributed by atoms with E-state index in [-0.39, 0.29) is 17.4 Å². The van der Waals surface area contributed by atoms with Crippen molar-refractivity contribution in [2.24, 2.45) is 17.3 Å². The first-order valence-electron chi connectivity index (χ1n) is 12.8. The molecule has 3 N–H and O–H groups in total. The summed E-state index contributed by atoms with van der Waals surface area (Å²) in [6.07, 6.45) is 17.0. The third-order valence-corrected chi connectivity index (χ3v) is 8.79. The van der Waals surface area contributed by atoms with Crippen LogP contribution in [0.15, 0.2) is 66.0 Å². The van der Waals surface area contributed by atoms with Gasteiger partial charge in [-0.1, -0.05) is 48.9 Å². The molecule has 180 valence electrons. The lowest BCUT2D eigenvalue weighted by molar-refractivity contribution is -0.0330. The lowest BCUT2D eigenvalue weighted by Gasteiger charge is -2.48. The number of hydrogen-bond donors (Lipinski definition) is 3. The molecule has 6 rings (SSSR count). The van der Waals surface area contributed by atoms with Crippen LogP contribution >= 0.6 is 0 Å². The molecule has 0 amide bonds. The van der Waals surface area contributed by atoms with Gasteiger partial charge in [-0.25, -0.2) is 0 Å². The van der Waals surface area contributed by atoms with Crippen molar-refractivity contribution in [2.45, 2.75) is 63.6 Å². The van der Waals surface area contributed by atoms with Crippen molar-refractivity contribution in [2.75, 3.05) is 14.1 Å². The van der Waals surface area contributed by atoms with E-state index in [1.807, 2.05) is 26.5 Å². The lowest BCUT2D eigenvalue weighted by atomic mass is 9.58. The molecule has 1 aromatic carbocycles. The van der Waals surface area contributed by atoms with Gasteiger partial charge in [-0.05, 0) is 93.1 Å². The van der Waals surface area contributed by atoms with Gasteiger partial charge in [0.2, 0.25) is 0 Å². The number of allylic oxidation sites excluding steroid dienone is 3. The van der Waals surface area contributed by atoms with E-state index >= 15 is 0 Å². The third-order valence-electron chi connectivity index (χ3n) is 8.79. The highest BCUT2D eigenvalue weighted by atomic mass is 16.3. The van der Waals surface area contributed by atoms with Crippen LogP contribution in [-0.2, 0) is 0 Å². The van der Waals surface area contributed by atoms with Gasteiger partial charge in [-0.15, -0.1) is 0 Å². The summed E-state index contributed by atoms with van der Waals surface area (Å²) in [5, 5.41) is 27.5. The maximum Gasteiger partial charge on any atom is 0.0933 e. The molecule has 1 aromatic heterocycles. The Labute approximate surface area is 203 Å². The smallest absolute Gasteiger partial charge is 0.0933 e. The maximum atomic E-state index is 12.2.